The minimum absolute atomic E-state index is 0.00156. The number of amides is 1. The molecule has 1 aromatic rings. The molecule has 21 heavy (non-hydrogen) atoms. The molecule has 0 aromatic heterocycles. The Morgan fingerprint density at radius 2 is 2.00 bits per heavy atom. The molecule has 1 heterocycles. The zero-order valence-electron chi connectivity index (χ0n) is 12.2. The van der Waals surface area contributed by atoms with Crippen LogP contribution in [0.4, 0.5) is 0 Å². The van der Waals surface area contributed by atoms with Gasteiger partial charge in [-0.1, -0.05) is 24.8 Å². The van der Waals surface area contributed by atoms with E-state index in [1.54, 1.807) is 18.2 Å². The molecular weight excluding hydrogens is 268 g/mol. The molecule has 0 spiro atoms. The van der Waals surface area contributed by atoms with Crippen LogP contribution in [0.25, 0.3) is 0 Å². The van der Waals surface area contributed by atoms with Gasteiger partial charge in [-0.2, -0.15) is 0 Å². The Morgan fingerprint density at radius 3 is 2.67 bits per heavy atom. The number of carbonyl (C=O) groups excluding carboxylic acids is 1. The molecular formula is C16H22N2O3. The van der Waals surface area contributed by atoms with Crippen LogP contribution in [0.2, 0.25) is 0 Å². The Kier molecular flexibility index (Phi) is 5.78. The number of β-amino-alcohol motifs (C(OH)–C–C–N with tert-alkyl or cyclic N) is 1. The SMILES string of the molecule is C=CCOc1ccccc1C(=O)N1CCN(CCO)CC1. The predicted molar refractivity (Wildman–Crippen MR) is 81.6 cm³/mol. The van der Waals surface area contributed by atoms with E-state index in [0.717, 1.165) is 13.1 Å². The van der Waals surface area contributed by atoms with Gasteiger partial charge in [-0.05, 0) is 12.1 Å². The van der Waals surface area contributed by atoms with Crippen LogP contribution < -0.4 is 4.74 Å². The first kappa shape index (κ1) is 15.5. The van der Waals surface area contributed by atoms with Gasteiger partial charge in [0, 0.05) is 32.7 Å². The van der Waals surface area contributed by atoms with Crippen molar-refractivity contribution in [3.63, 3.8) is 0 Å². The molecule has 0 unspecified atom stereocenters. The number of piperazine rings is 1. The second-order valence-corrected chi connectivity index (χ2v) is 4.95. The third-order valence-electron chi connectivity index (χ3n) is 3.55. The molecule has 0 bridgehead atoms. The van der Waals surface area contributed by atoms with Gasteiger partial charge in [0.15, 0.2) is 0 Å². The van der Waals surface area contributed by atoms with Crippen molar-refractivity contribution in [2.75, 3.05) is 45.9 Å². The highest BCUT2D eigenvalue weighted by Crippen LogP contribution is 2.20. The number of carbonyl (C=O) groups is 1. The van der Waals surface area contributed by atoms with E-state index in [2.05, 4.69) is 11.5 Å². The van der Waals surface area contributed by atoms with E-state index in [1.807, 2.05) is 17.0 Å². The minimum atomic E-state index is -0.00156. The molecule has 5 nitrogen and oxygen atoms in total. The molecule has 114 valence electrons. The van der Waals surface area contributed by atoms with Crippen LogP contribution in [0.1, 0.15) is 10.4 Å². The molecule has 1 aliphatic rings. The van der Waals surface area contributed by atoms with Gasteiger partial charge in [0.25, 0.3) is 5.91 Å². The van der Waals surface area contributed by atoms with Crippen molar-refractivity contribution in [1.29, 1.82) is 0 Å². The summed E-state index contributed by atoms with van der Waals surface area (Å²) in [5.41, 5.74) is 0.593. The fourth-order valence-electron chi connectivity index (χ4n) is 2.40. The van der Waals surface area contributed by atoms with Crippen LogP contribution in [0.15, 0.2) is 36.9 Å². The van der Waals surface area contributed by atoms with Gasteiger partial charge < -0.3 is 14.7 Å². The molecule has 0 aliphatic carbocycles. The van der Waals surface area contributed by atoms with Crippen molar-refractivity contribution in [3.8, 4) is 5.75 Å². The number of hydrogen-bond donors (Lipinski definition) is 1. The van der Waals surface area contributed by atoms with E-state index in [-0.39, 0.29) is 12.5 Å². The Labute approximate surface area is 125 Å². The molecule has 1 fully saturated rings. The highest BCUT2D eigenvalue weighted by molar-refractivity contribution is 5.97. The second kappa shape index (κ2) is 7.81. The average molecular weight is 290 g/mol. The van der Waals surface area contributed by atoms with Crippen LogP contribution in [0, 0.1) is 0 Å². The summed E-state index contributed by atoms with van der Waals surface area (Å²) < 4.78 is 5.55. The fourth-order valence-corrected chi connectivity index (χ4v) is 2.40. The van der Waals surface area contributed by atoms with E-state index in [0.29, 0.717) is 37.6 Å². The summed E-state index contributed by atoms with van der Waals surface area (Å²) in [6, 6.07) is 7.30. The fraction of sp³-hybridized carbons (Fsp3) is 0.438. The van der Waals surface area contributed by atoms with Crippen LogP contribution in [-0.2, 0) is 0 Å². The molecule has 1 amide bonds. The first-order valence-electron chi connectivity index (χ1n) is 7.21. The summed E-state index contributed by atoms with van der Waals surface area (Å²) in [7, 11) is 0. The van der Waals surface area contributed by atoms with E-state index in [9.17, 15) is 4.79 Å². The number of rotatable bonds is 6. The topological polar surface area (TPSA) is 53.0 Å². The Bertz CT molecular complexity index is 482. The summed E-state index contributed by atoms with van der Waals surface area (Å²) in [5.74, 6) is 0.596. The molecule has 2 rings (SSSR count). The van der Waals surface area contributed by atoms with Crippen molar-refractivity contribution in [2.24, 2.45) is 0 Å². The molecule has 5 heteroatoms. The third kappa shape index (κ3) is 4.06. The Hall–Kier alpha value is -1.85. The van der Waals surface area contributed by atoms with Gasteiger partial charge in [0.05, 0.1) is 12.2 Å². The van der Waals surface area contributed by atoms with Gasteiger partial charge in [-0.25, -0.2) is 0 Å². The second-order valence-electron chi connectivity index (χ2n) is 4.95. The third-order valence-corrected chi connectivity index (χ3v) is 3.55. The maximum Gasteiger partial charge on any atom is 0.257 e. The molecule has 1 aromatic carbocycles. The Balaban J connectivity index is 2.02. The van der Waals surface area contributed by atoms with Crippen molar-refractivity contribution in [3.05, 3.63) is 42.5 Å². The van der Waals surface area contributed by atoms with Crippen molar-refractivity contribution < 1.29 is 14.6 Å². The van der Waals surface area contributed by atoms with Crippen molar-refractivity contribution in [2.45, 2.75) is 0 Å². The Morgan fingerprint density at radius 1 is 1.29 bits per heavy atom. The number of benzene rings is 1. The van der Waals surface area contributed by atoms with Crippen molar-refractivity contribution >= 4 is 5.91 Å². The smallest absolute Gasteiger partial charge is 0.257 e. The number of nitrogens with zero attached hydrogens (tertiary/aromatic N) is 2. The van der Waals surface area contributed by atoms with E-state index in [4.69, 9.17) is 9.84 Å². The van der Waals surface area contributed by atoms with Gasteiger partial charge in [-0.3, -0.25) is 9.69 Å². The maximum atomic E-state index is 12.6. The van der Waals surface area contributed by atoms with E-state index in [1.165, 1.54) is 0 Å². The van der Waals surface area contributed by atoms with E-state index >= 15 is 0 Å². The monoisotopic (exact) mass is 290 g/mol. The number of para-hydroxylation sites is 1. The zero-order chi connectivity index (χ0) is 15.1. The lowest BCUT2D eigenvalue weighted by atomic mass is 10.1. The van der Waals surface area contributed by atoms with Crippen LogP contribution in [0.5, 0.6) is 5.75 Å². The molecule has 0 atom stereocenters. The summed E-state index contributed by atoms with van der Waals surface area (Å²) >= 11 is 0. The maximum absolute atomic E-state index is 12.6. The largest absolute Gasteiger partial charge is 0.489 e. The molecule has 1 aliphatic heterocycles. The van der Waals surface area contributed by atoms with Gasteiger partial charge >= 0.3 is 0 Å². The summed E-state index contributed by atoms with van der Waals surface area (Å²) in [6.07, 6.45) is 1.66. The van der Waals surface area contributed by atoms with Gasteiger partial charge in [0.1, 0.15) is 12.4 Å². The van der Waals surface area contributed by atoms with Crippen LogP contribution in [0.3, 0.4) is 0 Å². The zero-order valence-corrected chi connectivity index (χ0v) is 12.2. The number of aliphatic hydroxyl groups excluding tert-OH is 1. The lowest BCUT2D eigenvalue weighted by molar-refractivity contribution is 0.0611. The number of hydrogen-bond acceptors (Lipinski definition) is 4. The number of ether oxygens (including phenoxy) is 1. The highest BCUT2D eigenvalue weighted by Gasteiger charge is 2.23. The average Bonchev–Trinajstić information content (AvgIpc) is 2.53. The van der Waals surface area contributed by atoms with Crippen LogP contribution in [-0.4, -0.2) is 66.8 Å². The summed E-state index contributed by atoms with van der Waals surface area (Å²) in [6.45, 7) is 7.77. The molecule has 1 N–H and O–H groups in total. The highest BCUT2D eigenvalue weighted by atomic mass is 16.5. The normalized spacial score (nSPS) is 15.8. The predicted octanol–water partition coefficient (Wildman–Crippen LogP) is 1.00. The van der Waals surface area contributed by atoms with Crippen molar-refractivity contribution in [1.82, 2.24) is 9.80 Å². The standard InChI is InChI=1S/C16H22N2O3/c1-2-13-21-15-6-4-3-5-14(15)16(20)18-9-7-17(8-10-18)11-12-19/h2-6,19H,1,7-13H2. The molecule has 1 saturated heterocycles. The summed E-state index contributed by atoms with van der Waals surface area (Å²) in [5, 5.41) is 8.94. The first-order chi connectivity index (χ1) is 10.3. The first-order valence-corrected chi connectivity index (χ1v) is 7.21. The van der Waals surface area contributed by atoms with Crippen LogP contribution >= 0.6 is 0 Å². The number of aliphatic hydroxyl groups is 1. The molecule has 0 radical (unpaired) electrons. The van der Waals surface area contributed by atoms with E-state index < -0.39 is 0 Å². The lowest BCUT2D eigenvalue weighted by Gasteiger charge is -2.34. The summed E-state index contributed by atoms with van der Waals surface area (Å²) in [4.78, 5) is 16.6. The molecule has 0 saturated carbocycles. The quantitative estimate of drug-likeness (QED) is 0.794. The minimum Gasteiger partial charge on any atom is -0.489 e. The van der Waals surface area contributed by atoms with Gasteiger partial charge in [-0.15, -0.1) is 0 Å². The van der Waals surface area contributed by atoms with Gasteiger partial charge in [0.2, 0.25) is 0 Å². The lowest BCUT2D eigenvalue weighted by Crippen LogP contribution is -2.49.